The lowest BCUT2D eigenvalue weighted by Gasteiger charge is -2.29. The predicted molar refractivity (Wildman–Crippen MR) is 117 cm³/mol. The van der Waals surface area contributed by atoms with E-state index >= 15 is 0 Å². The maximum atomic E-state index is 13.2. The molecule has 0 saturated carbocycles. The molecule has 29 heavy (non-hydrogen) atoms. The maximum absolute atomic E-state index is 13.2. The molecule has 2 aromatic carbocycles. The number of fused-ring (bicyclic) bond motifs is 1. The first-order chi connectivity index (χ1) is 14.0. The van der Waals surface area contributed by atoms with Crippen LogP contribution in [0.25, 0.3) is 16.0 Å². The third kappa shape index (κ3) is 3.71. The normalized spacial score (nSPS) is 12.7. The smallest absolute Gasteiger partial charge is 0.258 e. The standard InChI is InChI=1S/C21H13Br2N3O3/c1-24-15-4-2-12(3-5-15)14-10-18-20(25-11-14)29-7-6-26(18)21(28)13-8-16(22)19(27)17(23)9-13/h2-5,8-11,27H,6-7H2. The van der Waals surface area contributed by atoms with E-state index in [4.69, 9.17) is 11.3 Å². The molecule has 0 unspecified atom stereocenters. The average molecular weight is 515 g/mol. The van der Waals surface area contributed by atoms with E-state index < -0.39 is 0 Å². The molecule has 144 valence electrons. The van der Waals surface area contributed by atoms with Crippen LogP contribution in [0.1, 0.15) is 10.4 Å². The summed E-state index contributed by atoms with van der Waals surface area (Å²) in [4.78, 5) is 22.6. The maximum Gasteiger partial charge on any atom is 0.258 e. The Kier molecular flexibility index (Phi) is 5.26. The number of aromatic nitrogens is 1. The van der Waals surface area contributed by atoms with Crippen LogP contribution in [0.15, 0.2) is 57.6 Å². The van der Waals surface area contributed by atoms with Crippen molar-refractivity contribution in [1.29, 1.82) is 0 Å². The largest absolute Gasteiger partial charge is 0.506 e. The fourth-order valence-electron chi connectivity index (χ4n) is 3.04. The molecule has 1 aliphatic rings. The Balaban J connectivity index is 1.73. The van der Waals surface area contributed by atoms with Gasteiger partial charge in [0, 0.05) is 17.3 Å². The lowest BCUT2D eigenvalue weighted by atomic mass is 10.1. The van der Waals surface area contributed by atoms with Crippen LogP contribution < -0.4 is 9.64 Å². The molecule has 0 saturated heterocycles. The van der Waals surface area contributed by atoms with Crippen LogP contribution in [0.4, 0.5) is 11.4 Å². The van der Waals surface area contributed by atoms with Gasteiger partial charge in [0.25, 0.3) is 5.91 Å². The SMILES string of the molecule is [C-]#[N+]c1ccc(-c2cnc3c(c2)N(C(=O)c2cc(Br)c(O)c(Br)c2)CCO3)cc1. The highest BCUT2D eigenvalue weighted by Gasteiger charge is 2.27. The number of nitrogens with zero attached hydrogens (tertiary/aromatic N) is 3. The third-order valence-corrected chi connectivity index (χ3v) is 5.72. The first-order valence-corrected chi connectivity index (χ1v) is 10.2. The first-order valence-electron chi connectivity index (χ1n) is 8.58. The fourth-order valence-corrected chi connectivity index (χ4v) is 4.23. The number of phenolic OH excluding ortho intramolecular Hbond substituents is 1. The number of pyridine rings is 1. The molecule has 0 bridgehead atoms. The third-order valence-electron chi connectivity index (χ3n) is 4.52. The number of carbonyl (C=O) groups is 1. The minimum absolute atomic E-state index is 0.0377. The zero-order valence-corrected chi connectivity index (χ0v) is 18.1. The molecule has 8 heteroatoms. The van der Waals surface area contributed by atoms with E-state index in [2.05, 4.69) is 41.7 Å². The summed E-state index contributed by atoms with van der Waals surface area (Å²) in [7, 11) is 0. The van der Waals surface area contributed by atoms with Gasteiger partial charge in [0.05, 0.1) is 22.1 Å². The van der Waals surface area contributed by atoms with Gasteiger partial charge in [-0.15, -0.1) is 0 Å². The van der Waals surface area contributed by atoms with Gasteiger partial charge in [-0.3, -0.25) is 4.79 Å². The van der Waals surface area contributed by atoms with Gasteiger partial charge in [0.2, 0.25) is 5.88 Å². The fraction of sp³-hybridized carbons (Fsp3) is 0.0952. The molecule has 4 rings (SSSR count). The molecule has 0 fully saturated rings. The number of anilines is 1. The van der Waals surface area contributed by atoms with Crippen LogP contribution in [0.2, 0.25) is 0 Å². The molecule has 1 N–H and O–H groups in total. The van der Waals surface area contributed by atoms with Crippen LogP contribution in [-0.4, -0.2) is 29.1 Å². The van der Waals surface area contributed by atoms with Crippen molar-refractivity contribution in [2.45, 2.75) is 0 Å². The van der Waals surface area contributed by atoms with Gasteiger partial charge in [0.15, 0.2) is 5.69 Å². The second kappa shape index (κ2) is 7.85. The molecule has 3 aromatic rings. The quantitative estimate of drug-likeness (QED) is 0.454. The van der Waals surface area contributed by atoms with Crippen molar-refractivity contribution in [3.05, 3.63) is 74.6 Å². The van der Waals surface area contributed by atoms with Gasteiger partial charge in [-0.2, -0.15) is 0 Å². The predicted octanol–water partition coefficient (Wildman–Crippen LogP) is 5.57. The number of carbonyl (C=O) groups excluding carboxylic acids is 1. The van der Waals surface area contributed by atoms with Crippen LogP contribution in [0.3, 0.4) is 0 Å². The molecular formula is C21H13Br2N3O3. The second-order valence-electron chi connectivity index (χ2n) is 6.30. The monoisotopic (exact) mass is 513 g/mol. The summed E-state index contributed by atoms with van der Waals surface area (Å²) in [6, 6.07) is 12.2. The molecule has 0 spiro atoms. The van der Waals surface area contributed by atoms with Crippen LogP contribution in [-0.2, 0) is 0 Å². The summed E-state index contributed by atoms with van der Waals surface area (Å²) in [5, 5.41) is 9.91. The summed E-state index contributed by atoms with van der Waals surface area (Å²) in [6.07, 6.45) is 1.69. The Morgan fingerprint density at radius 3 is 2.48 bits per heavy atom. The highest BCUT2D eigenvalue weighted by atomic mass is 79.9. The van der Waals surface area contributed by atoms with E-state index in [1.807, 2.05) is 18.2 Å². The Morgan fingerprint density at radius 1 is 1.14 bits per heavy atom. The van der Waals surface area contributed by atoms with Gasteiger partial charge in [0.1, 0.15) is 18.0 Å². The number of halogens is 2. The molecular weight excluding hydrogens is 502 g/mol. The number of ether oxygens (including phenoxy) is 1. The lowest BCUT2D eigenvalue weighted by Crippen LogP contribution is -2.38. The molecule has 2 heterocycles. The van der Waals surface area contributed by atoms with Crippen LogP contribution >= 0.6 is 31.9 Å². The topological polar surface area (TPSA) is 67.0 Å². The van der Waals surface area contributed by atoms with Crippen LogP contribution in [0.5, 0.6) is 11.6 Å². The van der Waals surface area contributed by atoms with E-state index in [1.165, 1.54) is 0 Å². The number of benzene rings is 2. The van der Waals surface area contributed by atoms with Crippen molar-refractivity contribution in [1.82, 2.24) is 4.98 Å². The second-order valence-corrected chi connectivity index (χ2v) is 8.01. The van der Waals surface area contributed by atoms with Gasteiger partial charge in [-0.1, -0.05) is 24.3 Å². The molecule has 0 radical (unpaired) electrons. The Bertz CT molecular complexity index is 1130. The Labute approximate surface area is 183 Å². The van der Waals surface area contributed by atoms with Crippen molar-refractivity contribution >= 4 is 49.1 Å². The minimum atomic E-state index is -0.224. The summed E-state index contributed by atoms with van der Waals surface area (Å²) in [5.41, 5.74) is 3.26. The van der Waals surface area contributed by atoms with Crippen LogP contribution in [0, 0.1) is 6.57 Å². The first kappa shape index (κ1) is 19.4. The number of amides is 1. The summed E-state index contributed by atoms with van der Waals surface area (Å²) in [6.45, 7) is 7.79. The van der Waals surface area contributed by atoms with Gasteiger partial charge >= 0.3 is 0 Å². The van der Waals surface area contributed by atoms with E-state index in [0.29, 0.717) is 44.9 Å². The average Bonchev–Trinajstić information content (AvgIpc) is 2.76. The number of phenols is 1. The number of hydrogen-bond acceptors (Lipinski definition) is 4. The van der Waals surface area contributed by atoms with Gasteiger partial charge in [-0.25, -0.2) is 9.83 Å². The van der Waals surface area contributed by atoms with Crippen molar-refractivity contribution in [2.75, 3.05) is 18.1 Å². The number of aromatic hydroxyl groups is 1. The summed E-state index contributed by atoms with van der Waals surface area (Å²) in [5.74, 6) is 0.206. The molecule has 0 aliphatic carbocycles. The van der Waals surface area contributed by atoms with Crippen molar-refractivity contribution in [2.24, 2.45) is 0 Å². The summed E-state index contributed by atoms with van der Waals surface area (Å²) < 4.78 is 6.48. The van der Waals surface area contributed by atoms with Crippen molar-refractivity contribution in [3.8, 4) is 22.8 Å². The Morgan fingerprint density at radius 2 is 1.83 bits per heavy atom. The number of rotatable bonds is 2. The van der Waals surface area contributed by atoms with Crippen molar-refractivity contribution in [3.63, 3.8) is 0 Å². The number of hydrogen-bond donors (Lipinski definition) is 1. The Hall–Kier alpha value is -2.89. The van der Waals surface area contributed by atoms with Crippen molar-refractivity contribution < 1.29 is 14.6 Å². The highest BCUT2D eigenvalue weighted by Crippen LogP contribution is 2.37. The molecule has 1 aromatic heterocycles. The summed E-state index contributed by atoms with van der Waals surface area (Å²) >= 11 is 6.53. The molecule has 1 amide bonds. The molecule has 1 aliphatic heterocycles. The molecule has 0 atom stereocenters. The van der Waals surface area contributed by atoms with E-state index in [1.54, 1.807) is 35.4 Å². The van der Waals surface area contributed by atoms with E-state index in [0.717, 1.165) is 11.1 Å². The minimum Gasteiger partial charge on any atom is -0.506 e. The van der Waals surface area contributed by atoms with Gasteiger partial charge < -0.3 is 14.7 Å². The van der Waals surface area contributed by atoms with E-state index in [9.17, 15) is 9.90 Å². The van der Waals surface area contributed by atoms with E-state index in [-0.39, 0.29) is 11.7 Å². The zero-order chi connectivity index (χ0) is 20.5. The lowest BCUT2D eigenvalue weighted by molar-refractivity contribution is 0.0975. The highest BCUT2D eigenvalue weighted by molar-refractivity contribution is 9.11. The zero-order valence-electron chi connectivity index (χ0n) is 14.9. The molecule has 6 nitrogen and oxygen atoms in total. The van der Waals surface area contributed by atoms with Gasteiger partial charge in [-0.05, 0) is 55.6 Å².